The Labute approximate surface area is 98.5 Å². The van der Waals surface area contributed by atoms with E-state index in [9.17, 15) is 4.79 Å². The number of hydrogen-bond acceptors (Lipinski definition) is 3. The number of H-pyrrole nitrogens is 1. The van der Waals surface area contributed by atoms with Crippen LogP contribution in [0.2, 0.25) is 0 Å². The second-order valence-electron chi connectivity index (χ2n) is 3.24. The molecular weight excluding hydrogens is 222 g/mol. The smallest absolute Gasteiger partial charge is 0.235 e. The Morgan fingerprint density at radius 1 is 1.38 bits per heavy atom. The largest absolute Gasteiger partial charge is 0.310 e. The minimum atomic E-state index is -0.161. The first-order chi connectivity index (χ1) is 7.79. The van der Waals surface area contributed by atoms with E-state index < -0.39 is 0 Å². The Morgan fingerprint density at radius 3 is 2.81 bits per heavy atom. The molecule has 0 saturated carbocycles. The molecule has 1 heterocycles. The standard InChI is InChI=1S/C11H11N3OS/c15-11(7-16)12-10-6-9(13-14-10)8-4-2-1-3-5-8/h1-6,16H,7H2,(H2,12,13,14,15). The van der Waals surface area contributed by atoms with E-state index in [1.807, 2.05) is 30.3 Å². The number of carbonyl (C=O) groups excluding carboxylic acids is 1. The Morgan fingerprint density at radius 2 is 2.12 bits per heavy atom. The average molecular weight is 233 g/mol. The van der Waals surface area contributed by atoms with Crippen LogP contribution in [0.4, 0.5) is 5.82 Å². The third-order valence-corrected chi connectivity index (χ3v) is 2.35. The maximum absolute atomic E-state index is 11.1. The number of amides is 1. The SMILES string of the molecule is O=C(CS)Nc1cc(-c2ccccc2)n[nH]1. The molecule has 2 aromatic rings. The highest BCUT2D eigenvalue weighted by Crippen LogP contribution is 2.18. The van der Waals surface area contributed by atoms with Crippen molar-refractivity contribution in [2.75, 3.05) is 11.1 Å². The minimum Gasteiger partial charge on any atom is -0.310 e. The van der Waals surface area contributed by atoms with Gasteiger partial charge in [-0.25, -0.2) is 0 Å². The van der Waals surface area contributed by atoms with E-state index in [1.54, 1.807) is 6.07 Å². The first-order valence-electron chi connectivity index (χ1n) is 4.81. The summed E-state index contributed by atoms with van der Waals surface area (Å²) in [5, 5.41) is 9.51. The molecule has 0 aliphatic rings. The van der Waals surface area contributed by atoms with E-state index in [4.69, 9.17) is 0 Å². The molecule has 0 fully saturated rings. The minimum absolute atomic E-state index is 0.152. The molecule has 82 valence electrons. The summed E-state index contributed by atoms with van der Waals surface area (Å²) in [4.78, 5) is 11.1. The molecule has 16 heavy (non-hydrogen) atoms. The highest BCUT2D eigenvalue weighted by molar-refractivity contribution is 7.81. The van der Waals surface area contributed by atoms with Gasteiger partial charge in [-0.1, -0.05) is 30.3 Å². The van der Waals surface area contributed by atoms with Crippen LogP contribution in [-0.4, -0.2) is 21.9 Å². The Balaban J connectivity index is 2.17. The monoisotopic (exact) mass is 233 g/mol. The second kappa shape index (κ2) is 4.85. The third-order valence-electron chi connectivity index (χ3n) is 2.07. The molecule has 0 unspecified atom stereocenters. The Hall–Kier alpha value is -1.75. The summed E-state index contributed by atoms with van der Waals surface area (Å²) in [6, 6.07) is 11.5. The van der Waals surface area contributed by atoms with E-state index in [1.165, 1.54) is 0 Å². The summed E-state index contributed by atoms with van der Waals surface area (Å²) in [7, 11) is 0. The van der Waals surface area contributed by atoms with Crippen molar-refractivity contribution in [2.24, 2.45) is 0 Å². The summed E-state index contributed by atoms with van der Waals surface area (Å²) >= 11 is 3.88. The van der Waals surface area contributed by atoms with Gasteiger partial charge in [0.15, 0.2) is 0 Å². The third kappa shape index (κ3) is 2.43. The van der Waals surface area contributed by atoms with Gasteiger partial charge in [0.05, 0.1) is 11.4 Å². The van der Waals surface area contributed by atoms with Gasteiger partial charge in [0, 0.05) is 11.6 Å². The number of nitrogens with zero attached hydrogens (tertiary/aromatic N) is 1. The molecular formula is C11H11N3OS. The molecule has 0 bridgehead atoms. The Kier molecular flexibility index (Phi) is 3.26. The highest BCUT2D eigenvalue weighted by Gasteiger charge is 2.05. The quantitative estimate of drug-likeness (QED) is 0.710. The molecule has 0 aliphatic carbocycles. The van der Waals surface area contributed by atoms with Crippen molar-refractivity contribution in [2.45, 2.75) is 0 Å². The normalized spacial score (nSPS) is 10.1. The highest BCUT2D eigenvalue weighted by atomic mass is 32.1. The van der Waals surface area contributed by atoms with Gasteiger partial charge in [-0.3, -0.25) is 9.89 Å². The van der Waals surface area contributed by atoms with E-state index in [0.29, 0.717) is 5.82 Å². The van der Waals surface area contributed by atoms with E-state index in [-0.39, 0.29) is 11.7 Å². The van der Waals surface area contributed by atoms with E-state index >= 15 is 0 Å². The molecule has 1 aromatic heterocycles. The molecule has 2 N–H and O–H groups in total. The lowest BCUT2D eigenvalue weighted by Crippen LogP contribution is -2.12. The van der Waals surface area contributed by atoms with Crippen molar-refractivity contribution in [1.29, 1.82) is 0 Å². The van der Waals surface area contributed by atoms with Gasteiger partial charge in [-0.15, -0.1) is 0 Å². The van der Waals surface area contributed by atoms with Crippen molar-refractivity contribution in [3.05, 3.63) is 36.4 Å². The van der Waals surface area contributed by atoms with Crippen molar-refractivity contribution in [1.82, 2.24) is 10.2 Å². The average Bonchev–Trinajstić information content (AvgIpc) is 2.78. The van der Waals surface area contributed by atoms with Gasteiger partial charge < -0.3 is 5.32 Å². The van der Waals surface area contributed by atoms with Crippen molar-refractivity contribution in [3.8, 4) is 11.3 Å². The fourth-order valence-corrected chi connectivity index (χ4v) is 1.41. The van der Waals surface area contributed by atoms with Crippen LogP contribution in [0, 0.1) is 0 Å². The number of hydrogen-bond donors (Lipinski definition) is 3. The summed E-state index contributed by atoms with van der Waals surface area (Å²) in [5.41, 5.74) is 1.81. The fourth-order valence-electron chi connectivity index (χ4n) is 1.33. The zero-order valence-corrected chi connectivity index (χ0v) is 9.37. The summed E-state index contributed by atoms with van der Waals surface area (Å²) in [6.07, 6.45) is 0. The lowest BCUT2D eigenvalue weighted by atomic mass is 10.2. The molecule has 4 nitrogen and oxygen atoms in total. The summed E-state index contributed by atoms with van der Waals surface area (Å²) in [5.74, 6) is 0.573. The van der Waals surface area contributed by atoms with Crippen LogP contribution in [0.5, 0.6) is 0 Å². The van der Waals surface area contributed by atoms with E-state index in [2.05, 4.69) is 28.1 Å². The van der Waals surface area contributed by atoms with Crippen LogP contribution in [0.15, 0.2) is 36.4 Å². The lowest BCUT2D eigenvalue weighted by molar-refractivity contribution is -0.113. The van der Waals surface area contributed by atoms with Crippen LogP contribution in [0.3, 0.4) is 0 Å². The maximum atomic E-state index is 11.1. The van der Waals surface area contributed by atoms with Gasteiger partial charge in [-0.05, 0) is 0 Å². The molecule has 0 atom stereocenters. The number of aromatic nitrogens is 2. The summed E-state index contributed by atoms with van der Waals surface area (Å²) in [6.45, 7) is 0. The molecule has 0 radical (unpaired) electrons. The molecule has 1 amide bonds. The van der Waals surface area contributed by atoms with Crippen LogP contribution in [-0.2, 0) is 4.79 Å². The first kappa shape index (κ1) is 10.8. The Bertz CT molecular complexity index is 481. The number of carbonyl (C=O) groups is 1. The van der Waals surface area contributed by atoms with Crippen LogP contribution in [0.1, 0.15) is 0 Å². The first-order valence-corrected chi connectivity index (χ1v) is 5.44. The predicted octanol–water partition coefficient (Wildman–Crippen LogP) is 1.94. The van der Waals surface area contributed by atoms with Crippen molar-refractivity contribution in [3.63, 3.8) is 0 Å². The molecule has 0 aliphatic heterocycles. The summed E-state index contributed by atoms with van der Waals surface area (Å²) < 4.78 is 0. The molecule has 5 heteroatoms. The predicted molar refractivity (Wildman–Crippen MR) is 66.5 cm³/mol. The van der Waals surface area contributed by atoms with Crippen molar-refractivity contribution >= 4 is 24.4 Å². The van der Waals surface area contributed by atoms with Gasteiger partial charge in [0.25, 0.3) is 0 Å². The number of aromatic amines is 1. The zero-order chi connectivity index (χ0) is 11.4. The number of thiol groups is 1. The number of rotatable bonds is 3. The zero-order valence-electron chi connectivity index (χ0n) is 8.47. The molecule has 1 aromatic carbocycles. The van der Waals surface area contributed by atoms with Gasteiger partial charge in [0.1, 0.15) is 5.82 Å². The number of anilines is 1. The molecule has 2 rings (SSSR count). The number of benzene rings is 1. The van der Waals surface area contributed by atoms with Crippen LogP contribution >= 0.6 is 12.6 Å². The van der Waals surface area contributed by atoms with Crippen molar-refractivity contribution < 1.29 is 4.79 Å². The van der Waals surface area contributed by atoms with Gasteiger partial charge in [0.2, 0.25) is 5.91 Å². The maximum Gasteiger partial charge on any atom is 0.235 e. The molecule has 0 spiro atoms. The topological polar surface area (TPSA) is 57.8 Å². The van der Waals surface area contributed by atoms with Gasteiger partial charge >= 0.3 is 0 Å². The van der Waals surface area contributed by atoms with Crippen LogP contribution in [0.25, 0.3) is 11.3 Å². The molecule has 0 saturated heterocycles. The van der Waals surface area contributed by atoms with Crippen LogP contribution < -0.4 is 5.32 Å². The van der Waals surface area contributed by atoms with Gasteiger partial charge in [-0.2, -0.15) is 17.7 Å². The second-order valence-corrected chi connectivity index (χ2v) is 3.56. The number of nitrogens with one attached hydrogen (secondary N) is 2. The lowest BCUT2D eigenvalue weighted by Gasteiger charge is -1.96. The fraction of sp³-hybridized carbons (Fsp3) is 0.0909. The van der Waals surface area contributed by atoms with E-state index in [0.717, 1.165) is 11.3 Å².